The zero-order valence-corrected chi connectivity index (χ0v) is 9.13. The second-order valence-electron chi connectivity index (χ2n) is 3.82. The lowest BCUT2D eigenvalue weighted by Crippen LogP contribution is -1.91. The van der Waals surface area contributed by atoms with Gasteiger partial charge in [-0.25, -0.2) is 4.98 Å². The molecule has 4 heteroatoms. The van der Waals surface area contributed by atoms with E-state index < -0.39 is 0 Å². The third-order valence-corrected chi connectivity index (χ3v) is 2.55. The number of hydrogen-bond donors (Lipinski definition) is 1. The van der Waals surface area contributed by atoms with E-state index in [1.54, 1.807) is 12.4 Å². The lowest BCUT2D eigenvalue weighted by molar-refractivity contribution is 0.531. The van der Waals surface area contributed by atoms with Gasteiger partial charge in [0.1, 0.15) is 11.5 Å². The molecule has 0 amide bonds. The minimum Gasteiger partial charge on any atom is -0.440 e. The second kappa shape index (κ2) is 3.90. The van der Waals surface area contributed by atoms with Crippen LogP contribution in [0.1, 0.15) is 11.5 Å². The smallest absolute Gasteiger partial charge is 0.228 e. The predicted octanol–water partition coefficient (Wildman–Crippen LogP) is 2.15. The zero-order chi connectivity index (χ0) is 11.7. The molecule has 0 atom stereocenters. The van der Waals surface area contributed by atoms with Crippen molar-refractivity contribution in [1.82, 2.24) is 9.97 Å². The molecular weight excluding hydrogens is 214 g/mol. The van der Waals surface area contributed by atoms with Gasteiger partial charge < -0.3 is 10.2 Å². The largest absolute Gasteiger partial charge is 0.440 e. The van der Waals surface area contributed by atoms with Gasteiger partial charge >= 0.3 is 0 Å². The monoisotopic (exact) mass is 225 g/mol. The normalized spacial score (nSPS) is 14.0. The first-order chi connectivity index (χ1) is 8.33. The highest BCUT2D eigenvalue weighted by Gasteiger charge is 2.13. The lowest BCUT2D eigenvalue weighted by Gasteiger charge is -1.92. The van der Waals surface area contributed by atoms with Crippen LogP contribution in [-0.2, 0) is 6.42 Å². The fraction of sp³-hybridized carbons (Fsp3) is 0.0769. The first kappa shape index (κ1) is 9.84. The molecule has 0 saturated heterocycles. The SMILES string of the molecule is NC1=Cc2nc(-c3cccnc3)oc2CC=C1. The topological polar surface area (TPSA) is 64.9 Å². The summed E-state index contributed by atoms with van der Waals surface area (Å²) >= 11 is 0. The van der Waals surface area contributed by atoms with Gasteiger partial charge in [-0.1, -0.05) is 6.08 Å². The van der Waals surface area contributed by atoms with Gasteiger partial charge in [0.15, 0.2) is 0 Å². The molecule has 2 aromatic rings. The van der Waals surface area contributed by atoms with E-state index in [4.69, 9.17) is 10.2 Å². The molecule has 2 aromatic heterocycles. The van der Waals surface area contributed by atoms with Crippen molar-refractivity contribution >= 4 is 6.08 Å². The lowest BCUT2D eigenvalue weighted by atomic mass is 10.3. The molecule has 84 valence electrons. The maximum Gasteiger partial charge on any atom is 0.228 e. The van der Waals surface area contributed by atoms with E-state index in [1.807, 2.05) is 30.4 Å². The van der Waals surface area contributed by atoms with Crippen LogP contribution >= 0.6 is 0 Å². The van der Waals surface area contributed by atoms with Crippen molar-refractivity contribution in [3.05, 3.63) is 53.8 Å². The molecule has 0 saturated carbocycles. The fourth-order valence-electron chi connectivity index (χ4n) is 1.74. The van der Waals surface area contributed by atoms with E-state index in [-0.39, 0.29) is 0 Å². The number of hydrogen-bond acceptors (Lipinski definition) is 4. The van der Waals surface area contributed by atoms with Crippen molar-refractivity contribution in [2.24, 2.45) is 5.73 Å². The van der Waals surface area contributed by atoms with Gasteiger partial charge in [0, 0.05) is 24.5 Å². The summed E-state index contributed by atoms with van der Waals surface area (Å²) in [5, 5.41) is 0. The number of allylic oxidation sites excluding steroid dienone is 2. The minimum absolute atomic E-state index is 0.586. The average molecular weight is 225 g/mol. The number of oxazole rings is 1. The van der Waals surface area contributed by atoms with Crippen LogP contribution in [0.2, 0.25) is 0 Å². The Balaban J connectivity index is 2.07. The molecular formula is C13H11N3O. The molecule has 2 N–H and O–H groups in total. The summed E-state index contributed by atoms with van der Waals surface area (Å²) in [6.07, 6.45) is 9.81. The summed E-state index contributed by atoms with van der Waals surface area (Å²) in [5.74, 6) is 1.42. The molecule has 17 heavy (non-hydrogen) atoms. The molecule has 0 unspecified atom stereocenters. The molecule has 1 aliphatic carbocycles. The van der Waals surface area contributed by atoms with Crippen LogP contribution in [0, 0.1) is 0 Å². The Hall–Kier alpha value is -2.36. The van der Waals surface area contributed by atoms with E-state index >= 15 is 0 Å². The van der Waals surface area contributed by atoms with Gasteiger partial charge in [0.05, 0.1) is 5.56 Å². The van der Waals surface area contributed by atoms with Crippen LogP contribution in [0.25, 0.3) is 17.5 Å². The Bertz CT molecular complexity index is 596. The highest BCUT2D eigenvalue weighted by Crippen LogP contribution is 2.24. The van der Waals surface area contributed by atoms with Gasteiger partial charge in [-0.2, -0.15) is 0 Å². The van der Waals surface area contributed by atoms with Gasteiger partial charge in [-0.15, -0.1) is 0 Å². The van der Waals surface area contributed by atoms with Crippen molar-refractivity contribution in [1.29, 1.82) is 0 Å². The Morgan fingerprint density at radius 1 is 1.35 bits per heavy atom. The Morgan fingerprint density at radius 2 is 2.29 bits per heavy atom. The van der Waals surface area contributed by atoms with E-state index in [0.717, 1.165) is 17.0 Å². The molecule has 2 heterocycles. The van der Waals surface area contributed by atoms with Crippen LogP contribution in [-0.4, -0.2) is 9.97 Å². The first-order valence-corrected chi connectivity index (χ1v) is 5.37. The van der Waals surface area contributed by atoms with Crippen LogP contribution in [0.4, 0.5) is 0 Å². The highest BCUT2D eigenvalue weighted by atomic mass is 16.4. The number of pyridine rings is 1. The van der Waals surface area contributed by atoms with Gasteiger partial charge in [-0.3, -0.25) is 4.98 Å². The van der Waals surface area contributed by atoms with E-state index in [9.17, 15) is 0 Å². The fourth-order valence-corrected chi connectivity index (χ4v) is 1.74. The number of aromatic nitrogens is 2. The standard InChI is InChI=1S/C13H11N3O/c14-10-4-1-5-12-11(7-10)16-13(17-12)9-3-2-6-15-8-9/h1-4,6-8H,5,14H2. The maximum absolute atomic E-state index is 5.78. The number of nitrogens with two attached hydrogens (primary N) is 1. The zero-order valence-electron chi connectivity index (χ0n) is 9.13. The number of fused-ring (bicyclic) bond motifs is 1. The Morgan fingerprint density at radius 3 is 3.12 bits per heavy atom. The molecule has 0 bridgehead atoms. The molecule has 0 fully saturated rings. The average Bonchev–Trinajstić information content (AvgIpc) is 2.66. The molecule has 0 radical (unpaired) electrons. The van der Waals surface area contributed by atoms with Crippen molar-refractivity contribution in [3.8, 4) is 11.5 Å². The summed E-state index contributed by atoms with van der Waals surface area (Å²) in [6, 6.07) is 3.77. The number of nitrogens with zero attached hydrogens (tertiary/aromatic N) is 2. The van der Waals surface area contributed by atoms with E-state index in [2.05, 4.69) is 9.97 Å². The first-order valence-electron chi connectivity index (χ1n) is 5.37. The second-order valence-corrected chi connectivity index (χ2v) is 3.82. The number of rotatable bonds is 1. The summed E-state index contributed by atoms with van der Waals surface area (Å²) in [5.41, 5.74) is 8.14. The Labute approximate surface area is 98.5 Å². The third-order valence-electron chi connectivity index (χ3n) is 2.55. The summed E-state index contributed by atoms with van der Waals surface area (Å²) < 4.78 is 5.72. The van der Waals surface area contributed by atoms with Gasteiger partial charge in [-0.05, 0) is 24.3 Å². The predicted molar refractivity (Wildman–Crippen MR) is 64.7 cm³/mol. The van der Waals surface area contributed by atoms with E-state index in [0.29, 0.717) is 18.0 Å². The summed E-state index contributed by atoms with van der Waals surface area (Å²) in [4.78, 5) is 8.48. The molecule has 0 spiro atoms. The van der Waals surface area contributed by atoms with Crippen LogP contribution in [0.5, 0.6) is 0 Å². The van der Waals surface area contributed by atoms with Gasteiger partial charge in [0.25, 0.3) is 0 Å². The summed E-state index contributed by atoms with van der Waals surface area (Å²) in [7, 11) is 0. The Kier molecular flexibility index (Phi) is 2.26. The molecule has 4 nitrogen and oxygen atoms in total. The molecule has 3 rings (SSSR count). The van der Waals surface area contributed by atoms with Crippen LogP contribution in [0.3, 0.4) is 0 Å². The highest BCUT2D eigenvalue weighted by molar-refractivity contribution is 5.60. The third kappa shape index (κ3) is 1.85. The van der Waals surface area contributed by atoms with Crippen molar-refractivity contribution in [3.63, 3.8) is 0 Å². The minimum atomic E-state index is 0.586. The van der Waals surface area contributed by atoms with Crippen LogP contribution < -0.4 is 5.73 Å². The molecule has 0 aliphatic heterocycles. The molecule has 1 aliphatic rings. The maximum atomic E-state index is 5.78. The van der Waals surface area contributed by atoms with Crippen molar-refractivity contribution < 1.29 is 4.42 Å². The van der Waals surface area contributed by atoms with Crippen LogP contribution in [0.15, 0.2) is 46.8 Å². The van der Waals surface area contributed by atoms with Crippen molar-refractivity contribution in [2.75, 3.05) is 0 Å². The summed E-state index contributed by atoms with van der Waals surface area (Å²) in [6.45, 7) is 0. The quantitative estimate of drug-likeness (QED) is 0.807. The van der Waals surface area contributed by atoms with E-state index in [1.165, 1.54) is 0 Å². The van der Waals surface area contributed by atoms with Gasteiger partial charge in [0.2, 0.25) is 5.89 Å². The van der Waals surface area contributed by atoms with Crippen molar-refractivity contribution in [2.45, 2.75) is 6.42 Å². The molecule has 0 aromatic carbocycles.